The summed E-state index contributed by atoms with van der Waals surface area (Å²) >= 11 is 0. The Morgan fingerprint density at radius 3 is 2.50 bits per heavy atom. The average Bonchev–Trinajstić information content (AvgIpc) is 3.01. The minimum Gasteiger partial charge on any atom is -0.298 e. The van der Waals surface area contributed by atoms with Crippen molar-refractivity contribution in [3.05, 3.63) is 47.1 Å². The van der Waals surface area contributed by atoms with Crippen LogP contribution in [0.25, 0.3) is 0 Å². The van der Waals surface area contributed by atoms with Gasteiger partial charge in [-0.05, 0) is 57.1 Å². The number of ketones is 1. The Hall–Kier alpha value is -1.70. The number of carbonyl (C=O) groups is 2. The van der Waals surface area contributed by atoms with Gasteiger partial charge in [0.2, 0.25) is 0 Å². The van der Waals surface area contributed by atoms with Gasteiger partial charge in [-0.1, -0.05) is 42.4 Å². The van der Waals surface area contributed by atoms with E-state index in [1.165, 1.54) is 11.1 Å². The maximum Gasteiger partial charge on any atom is 0.159 e. The van der Waals surface area contributed by atoms with Crippen LogP contribution in [0.1, 0.15) is 40.5 Å². The molecule has 2 aliphatic rings. The largest absolute Gasteiger partial charge is 0.298 e. The zero-order valence-corrected chi connectivity index (χ0v) is 14.0. The van der Waals surface area contributed by atoms with Crippen LogP contribution in [-0.2, 0) is 9.59 Å². The van der Waals surface area contributed by atoms with Gasteiger partial charge in [-0.3, -0.25) is 9.59 Å². The monoisotopic (exact) mass is 298 g/mol. The lowest BCUT2D eigenvalue weighted by Crippen LogP contribution is -2.30. The molecular formula is C20H26O2. The molecule has 2 nitrogen and oxygen atoms in total. The molecule has 0 bridgehead atoms. The first-order valence-electron chi connectivity index (χ1n) is 8.13. The molecule has 0 heterocycles. The predicted molar refractivity (Wildman–Crippen MR) is 90.4 cm³/mol. The van der Waals surface area contributed by atoms with E-state index in [0.29, 0.717) is 0 Å². The van der Waals surface area contributed by atoms with Gasteiger partial charge in [0.1, 0.15) is 6.29 Å². The first-order chi connectivity index (χ1) is 10.5. The van der Waals surface area contributed by atoms with Crippen LogP contribution < -0.4 is 0 Å². The van der Waals surface area contributed by atoms with Crippen molar-refractivity contribution in [2.75, 3.05) is 0 Å². The molecule has 2 aliphatic carbocycles. The third-order valence-electron chi connectivity index (χ3n) is 4.96. The molecule has 0 radical (unpaired) electrons. The lowest BCUT2D eigenvalue weighted by Gasteiger charge is -2.29. The molecule has 0 amide bonds. The molecule has 0 saturated heterocycles. The number of aldehydes is 1. The van der Waals surface area contributed by atoms with Crippen LogP contribution in [0.2, 0.25) is 0 Å². The molecule has 0 spiro atoms. The van der Waals surface area contributed by atoms with E-state index in [9.17, 15) is 9.59 Å². The Morgan fingerprint density at radius 1 is 1.23 bits per heavy atom. The van der Waals surface area contributed by atoms with Crippen molar-refractivity contribution in [2.45, 2.75) is 40.5 Å². The lowest BCUT2D eigenvalue weighted by atomic mass is 9.72. The molecule has 0 aromatic rings. The van der Waals surface area contributed by atoms with Gasteiger partial charge >= 0.3 is 0 Å². The quantitative estimate of drug-likeness (QED) is 0.555. The second kappa shape index (κ2) is 7.04. The molecule has 2 rings (SSSR count). The molecule has 0 unspecified atom stereocenters. The van der Waals surface area contributed by atoms with Gasteiger partial charge in [0.25, 0.3) is 0 Å². The highest BCUT2D eigenvalue weighted by Gasteiger charge is 2.42. The number of hydrogen-bond acceptors (Lipinski definition) is 2. The van der Waals surface area contributed by atoms with E-state index in [4.69, 9.17) is 0 Å². The molecule has 2 heteroatoms. The molecule has 0 fully saturated rings. The van der Waals surface area contributed by atoms with Crippen molar-refractivity contribution < 1.29 is 9.59 Å². The molecule has 0 aromatic heterocycles. The van der Waals surface area contributed by atoms with Crippen LogP contribution in [-0.4, -0.2) is 12.1 Å². The predicted octanol–water partition coefficient (Wildman–Crippen LogP) is 4.44. The van der Waals surface area contributed by atoms with Crippen LogP contribution in [0.5, 0.6) is 0 Å². The number of allylic oxidation sites excluding steroid dienone is 8. The van der Waals surface area contributed by atoms with Crippen molar-refractivity contribution >= 4 is 12.1 Å². The highest BCUT2D eigenvalue weighted by atomic mass is 16.1. The van der Waals surface area contributed by atoms with Gasteiger partial charge in [-0.25, -0.2) is 0 Å². The summed E-state index contributed by atoms with van der Waals surface area (Å²) in [5.74, 6) is 0.636. The average molecular weight is 298 g/mol. The van der Waals surface area contributed by atoms with Crippen LogP contribution in [0.15, 0.2) is 47.1 Å². The van der Waals surface area contributed by atoms with Crippen LogP contribution in [0.4, 0.5) is 0 Å². The van der Waals surface area contributed by atoms with Gasteiger partial charge in [0.05, 0.1) is 0 Å². The summed E-state index contributed by atoms with van der Waals surface area (Å²) in [6, 6.07) is 0. The normalized spacial score (nSPS) is 31.4. The highest BCUT2D eigenvalue weighted by Crippen LogP contribution is 2.45. The van der Waals surface area contributed by atoms with Gasteiger partial charge < -0.3 is 0 Å². The van der Waals surface area contributed by atoms with E-state index >= 15 is 0 Å². The van der Waals surface area contributed by atoms with Crippen molar-refractivity contribution in [3.8, 4) is 0 Å². The van der Waals surface area contributed by atoms with Crippen molar-refractivity contribution in [2.24, 2.45) is 23.7 Å². The van der Waals surface area contributed by atoms with Crippen molar-refractivity contribution in [1.29, 1.82) is 0 Å². The smallest absolute Gasteiger partial charge is 0.159 e. The van der Waals surface area contributed by atoms with E-state index in [-0.39, 0.29) is 29.5 Å². The van der Waals surface area contributed by atoms with E-state index in [0.717, 1.165) is 24.7 Å². The zero-order valence-electron chi connectivity index (χ0n) is 14.0. The van der Waals surface area contributed by atoms with Crippen LogP contribution in [0, 0.1) is 23.7 Å². The maximum absolute atomic E-state index is 12.2. The fourth-order valence-electron chi connectivity index (χ4n) is 3.70. The number of rotatable bonds is 5. The van der Waals surface area contributed by atoms with Gasteiger partial charge in [0, 0.05) is 11.8 Å². The number of carbonyl (C=O) groups excluding carboxylic acids is 2. The molecule has 0 saturated carbocycles. The molecular weight excluding hydrogens is 272 g/mol. The summed E-state index contributed by atoms with van der Waals surface area (Å²) in [5, 5.41) is 0. The standard InChI is InChI=1S/C20H26O2/c1-13(2)6-5-7-14(3)17-10-9-16(12-21)20(17)19-15(4)8-11-18(19)22/h6-9,11-12,15,17,19-20H,5,10H2,1-4H3/b14-7-/t15-,17+,19-,20+/m1/s1. The topological polar surface area (TPSA) is 34.1 Å². The van der Waals surface area contributed by atoms with Crippen LogP contribution >= 0.6 is 0 Å². The summed E-state index contributed by atoms with van der Waals surface area (Å²) in [4.78, 5) is 23.7. The summed E-state index contributed by atoms with van der Waals surface area (Å²) in [6.07, 6.45) is 12.9. The summed E-state index contributed by atoms with van der Waals surface area (Å²) in [5.41, 5.74) is 3.42. The van der Waals surface area contributed by atoms with Crippen molar-refractivity contribution in [3.63, 3.8) is 0 Å². The Balaban J connectivity index is 2.23. The SMILES string of the molecule is CC(C)=CC/C=C(/C)[C@@H]1CC=C(C=O)[C@@H]1[C@H]1C(=O)C=C[C@H]1C. The molecule has 0 N–H and O–H groups in total. The Labute approximate surface area is 133 Å². The summed E-state index contributed by atoms with van der Waals surface area (Å²) < 4.78 is 0. The fraction of sp³-hybridized carbons (Fsp3) is 0.500. The second-order valence-corrected chi connectivity index (χ2v) is 6.80. The van der Waals surface area contributed by atoms with Crippen molar-refractivity contribution in [1.82, 2.24) is 0 Å². The Kier molecular flexibility index (Phi) is 5.33. The Bertz CT molecular complexity index is 571. The minimum absolute atomic E-state index is 0.0398. The minimum atomic E-state index is -0.0734. The molecule has 4 atom stereocenters. The number of hydrogen-bond donors (Lipinski definition) is 0. The highest BCUT2D eigenvalue weighted by molar-refractivity contribution is 5.96. The molecule has 22 heavy (non-hydrogen) atoms. The van der Waals surface area contributed by atoms with Gasteiger partial charge in [-0.15, -0.1) is 0 Å². The summed E-state index contributed by atoms with van der Waals surface area (Å²) in [6.45, 7) is 8.40. The molecule has 0 aliphatic heterocycles. The summed E-state index contributed by atoms with van der Waals surface area (Å²) in [7, 11) is 0. The lowest BCUT2D eigenvalue weighted by molar-refractivity contribution is -0.119. The first kappa shape index (κ1) is 16.7. The van der Waals surface area contributed by atoms with E-state index in [2.05, 4.69) is 39.8 Å². The molecule has 0 aromatic carbocycles. The first-order valence-corrected chi connectivity index (χ1v) is 8.13. The van der Waals surface area contributed by atoms with Crippen LogP contribution in [0.3, 0.4) is 0 Å². The van der Waals surface area contributed by atoms with Gasteiger partial charge in [0.15, 0.2) is 5.78 Å². The fourth-order valence-corrected chi connectivity index (χ4v) is 3.70. The van der Waals surface area contributed by atoms with E-state index < -0.39 is 0 Å². The second-order valence-electron chi connectivity index (χ2n) is 6.80. The Morgan fingerprint density at radius 2 is 1.95 bits per heavy atom. The molecule has 118 valence electrons. The van der Waals surface area contributed by atoms with E-state index in [1.807, 2.05) is 12.2 Å². The third kappa shape index (κ3) is 3.37. The third-order valence-corrected chi connectivity index (χ3v) is 4.96. The zero-order chi connectivity index (χ0) is 16.3. The maximum atomic E-state index is 12.2. The van der Waals surface area contributed by atoms with Gasteiger partial charge in [-0.2, -0.15) is 0 Å². The van der Waals surface area contributed by atoms with E-state index in [1.54, 1.807) is 6.08 Å².